The van der Waals surface area contributed by atoms with Gasteiger partial charge >= 0.3 is 0 Å². The number of allylic oxidation sites excluding steroid dienone is 7. The Kier molecular flexibility index (Phi) is 39.9. The Morgan fingerprint density at radius 2 is 0.477 bits per heavy atom. The lowest BCUT2D eigenvalue weighted by atomic mass is 9.83. The first-order valence-electron chi connectivity index (χ1n) is 35.0. The number of aliphatic hydroxyl groups excluding tert-OH is 2. The van der Waals surface area contributed by atoms with E-state index < -0.39 is 67.7 Å². The minimum atomic E-state index is -1.27. The Labute approximate surface area is 539 Å². The summed E-state index contributed by atoms with van der Waals surface area (Å²) in [5, 5.41) is 142. The third-order valence-electron chi connectivity index (χ3n) is 19.5. The average Bonchev–Trinajstić information content (AvgIpc) is 3.50. The molecule has 0 aliphatic heterocycles. The van der Waals surface area contributed by atoms with Crippen molar-refractivity contribution in [2.45, 2.75) is 422 Å². The second kappa shape index (κ2) is 40.6. The molecule has 13 N–H and O–H groups in total. The normalized spacial score (nSPS) is 21.0. The molecule has 0 aromatic heterocycles. The molecule has 0 spiro atoms. The molecular weight excluding hydrogens is 1110 g/mol. The molecule has 0 fully saturated rings. The van der Waals surface area contributed by atoms with Crippen molar-refractivity contribution in [1.29, 1.82) is 0 Å². The highest BCUT2D eigenvalue weighted by atomic mass is 16.3. The van der Waals surface area contributed by atoms with E-state index in [-0.39, 0.29) is 6.61 Å². The van der Waals surface area contributed by atoms with Crippen LogP contribution in [0.3, 0.4) is 0 Å². The fourth-order valence-electron chi connectivity index (χ4n) is 12.8. The van der Waals surface area contributed by atoms with Crippen LogP contribution in [0.15, 0.2) is 46.6 Å². The first-order chi connectivity index (χ1) is 40.2. The van der Waals surface area contributed by atoms with Gasteiger partial charge in [0.25, 0.3) is 0 Å². The maximum absolute atomic E-state index is 11.2. The average molecular weight is 1250 g/mol. The van der Waals surface area contributed by atoms with Crippen molar-refractivity contribution in [3.8, 4) is 0 Å². The number of hydrogen-bond donors (Lipinski definition) is 13. The van der Waals surface area contributed by atoms with Crippen molar-refractivity contribution in [2.24, 2.45) is 0 Å². The van der Waals surface area contributed by atoms with Gasteiger partial charge < -0.3 is 66.4 Å². The second-order valence-electron chi connectivity index (χ2n) is 32.1. The molecule has 88 heavy (non-hydrogen) atoms. The molecule has 0 aliphatic rings. The standard InChI is InChI=1S/C75H144O13/c1-60(2)30-19-38-65(6,78)39-20-40-66(7,79)41-21-42-67(8,80)43-22-44-68(9,81)45-23-46-69(10,82)47-24-48-70(11,83)49-25-50-71(12,84)51-26-52-72(13,85)53-27-54-73(14,86)55-28-56-74(15,87)57-29-58-75(16,88)64(77)36-35-62(4)33-17-31-61(3)32-18-34-63(5)37-59-76/h30,32-33,37,64,76-88H,17-29,31,34-36,38-59H2,1-16H3. The van der Waals surface area contributed by atoms with Crippen LogP contribution in [0.5, 0.6) is 0 Å². The van der Waals surface area contributed by atoms with Crippen molar-refractivity contribution in [2.75, 3.05) is 6.61 Å². The smallest absolute Gasteiger partial charge is 0.0877 e. The lowest BCUT2D eigenvalue weighted by Gasteiger charge is -2.32. The third kappa shape index (κ3) is 47.3. The van der Waals surface area contributed by atoms with Crippen LogP contribution in [-0.2, 0) is 0 Å². The largest absolute Gasteiger partial charge is 0.392 e. The van der Waals surface area contributed by atoms with E-state index in [2.05, 4.69) is 45.9 Å². The van der Waals surface area contributed by atoms with Crippen LogP contribution >= 0.6 is 0 Å². The Hall–Kier alpha value is -1.56. The van der Waals surface area contributed by atoms with Crippen LogP contribution in [0.1, 0.15) is 355 Å². The Balaban J connectivity index is 4.54. The van der Waals surface area contributed by atoms with Crippen molar-refractivity contribution in [1.82, 2.24) is 0 Å². The Bertz CT molecular complexity index is 1980. The molecule has 0 radical (unpaired) electrons. The van der Waals surface area contributed by atoms with Gasteiger partial charge in [0.1, 0.15) is 0 Å². The van der Waals surface area contributed by atoms with Crippen LogP contribution in [0.2, 0.25) is 0 Å². The summed E-state index contributed by atoms with van der Waals surface area (Å²) in [6.07, 6.45) is 30.9. The van der Waals surface area contributed by atoms with E-state index in [4.69, 9.17) is 5.11 Å². The summed E-state index contributed by atoms with van der Waals surface area (Å²) in [5.74, 6) is 0. The summed E-state index contributed by atoms with van der Waals surface area (Å²) >= 11 is 0. The molecule has 12 unspecified atom stereocenters. The van der Waals surface area contributed by atoms with E-state index in [0.29, 0.717) is 205 Å². The van der Waals surface area contributed by atoms with Gasteiger partial charge in [-0.15, -0.1) is 0 Å². The molecule has 0 bridgehead atoms. The predicted octanol–water partition coefficient (Wildman–Crippen LogP) is 15.2. The number of rotatable bonds is 54. The van der Waals surface area contributed by atoms with Crippen LogP contribution < -0.4 is 0 Å². The SMILES string of the molecule is CC(C)=CCCC(C)(O)CCCC(C)(O)CCCC(C)(O)CCCC(C)(O)CCCC(C)(O)CCCC(C)(O)CCCC(C)(O)CCCC(C)(O)CCCC(C)(O)CCCC(C)(O)CCCC(C)(O)C(O)CCC(C)=CCCC(C)=CCCC(C)=CCO. The highest BCUT2D eigenvalue weighted by Gasteiger charge is 2.34. The van der Waals surface area contributed by atoms with Crippen molar-refractivity contribution in [3.05, 3.63) is 46.6 Å². The molecule has 13 heteroatoms. The lowest BCUT2D eigenvalue weighted by molar-refractivity contribution is -0.0746. The number of hydrogen-bond acceptors (Lipinski definition) is 13. The van der Waals surface area contributed by atoms with Crippen LogP contribution in [-0.4, -0.2) is 141 Å². The molecule has 0 amide bonds. The van der Waals surface area contributed by atoms with E-state index in [9.17, 15) is 61.3 Å². The topological polar surface area (TPSA) is 263 Å². The maximum Gasteiger partial charge on any atom is 0.0877 e. The molecule has 0 heterocycles. The van der Waals surface area contributed by atoms with E-state index in [1.54, 1.807) is 13.8 Å². The second-order valence-corrected chi connectivity index (χ2v) is 32.1. The zero-order chi connectivity index (χ0) is 67.8. The molecule has 0 rings (SSSR count). The monoisotopic (exact) mass is 1250 g/mol. The summed E-state index contributed by atoms with van der Waals surface area (Å²) in [6.45, 7) is 30.3. The molecular formula is C75H144O13. The Morgan fingerprint density at radius 3 is 0.705 bits per heavy atom. The Morgan fingerprint density at radius 1 is 0.273 bits per heavy atom. The van der Waals surface area contributed by atoms with Crippen LogP contribution in [0.4, 0.5) is 0 Å². The van der Waals surface area contributed by atoms with Crippen LogP contribution in [0.25, 0.3) is 0 Å². The van der Waals surface area contributed by atoms with E-state index in [1.807, 2.05) is 75.3 Å². The zero-order valence-electron chi connectivity index (χ0n) is 59.8. The molecule has 12 atom stereocenters. The maximum atomic E-state index is 11.2. The quantitative estimate of drug-likeness (QED) is 0.0253. The molecule has 522 valence electrons. The summed E-state index contributed by atoms with van der Waals surface area (Å²) in [5.41, 5.74) is -5.46. The van der Waals surface area contributed by atoms with Crippen molar-refractivity contribution < 1.29 is 66.4 Å². The van der Waals surface area contributed by atoms with E-state index >= 15 is 0 Å². The molecule has 0 aromatic carbocycles. The molecule has 0 saturated carbocycles. The van der Waals surface area contributed by atoms with Crippen molar-refractivity contribution in [3.63, 3.8) is 0 Å². The van der Waals surface area contributed by atoms with Gasteiger partial charge in [-0.2, -0.15) is 0 Å². The van der Waals surface area contributed by atoms with Gasteiger partial charge in [0, 0.05) is 0 Å². The lowest BCUT2D eigenvalue weighted by Crippen LogP contribution is -2.39. The van der Waals surface area contributed by atoms with Gasteiger partial charge in [0.15, 0.2) is 0 Å². The third-order valence-corrected chi connectivity index (χ3v) is 19.5. The van der Waals surface area contributed by atoms with E-state index in [0.717, 1.165) is 38.5 Å². The van der Waals surface area contributed by atoms with Gasteiger partial charge in [-0.3, -0.25) is 0 Å². The molecule has 0 aromatic rings. The van der Waals surface area contributed by atoms with Gasteiger partial charge in [-0.05, 0) is 355 Å². The molecule has 0 aliphatic carbocycles. The van der Waals surface area contributed by atoms with Crippen LogP contribution in [0, 0.1) is 0 Å². The summed E-state index contributed by atoms with van der Waals surface area (Å²) in [4.78, 5) is 0. The fourth-order valence-corrected chi connectivity index (χ4v) is 12.8. The minimum absolute atomic E-state index is 0.0822. The summed E-state index contributed by atoms with van der Waals surface area (Å²) in [6, 6.07) is 0. The first-order valence-corrected chi connectivity index (χ1v) is 35.0. The van der Waals surface area contributed by atoms with Gasteiger partial charge in [-0.25, -0.2) is 0 Å². The molecule has 0 saturated heterocycles. The van der Waals surface area contributed by atoms with Gasteiger partial charge in [-0.1, -0.05) is 46.6 Å². The minimum Gasteiger partial charge on any atom is -0.392 e. The van der Waals surface area contributed by atoms with Crippen molar-refractivity contribution >= 4 is 0 Å². The predicted molar refractivity (Wildman–Crippen MR) is 366 cm³/mol. The number of aliphatic hydroxyl groups is 13. The highest BCUT2D eigenvalue weighted by molar-refractivity contribution is 5.07. The summed E-state index contributed by atoms with van der Waals surface area (Å²) < 4.78 is 0. The first kappa shape index (κ1) is 86.4. The van der Waals surface area contributed by atoms with Gasteiger partial charge in [0.05, 0.1) is 74.3 Å². The zero-order valence-corrected chi connectivity index (χ0v) is 59.8. The van der Waals surface area contributed by atoms with E-state index in [1.165, 1.54) is 22.3 Å². The molecule has 13 nitrogen and oxygen atoms in total. The fraction of sp³-hybridized carbons (Fsp3) is 0.893. The summed E-state index contributed by atoms with van der Waals surface area (Å²) in [7, 11) is 0. The highest BCUT2D eigenvalue weighted by Crippen LogP contribution is 2.35. The van der Waals surface area contributed by atoms with Gasteiger partial charge in [0.2, 0.25) is 0 Å².